The predicted molar refractivity (Wildman–Crippen MR) is 105 cm³/mol. The summed E-state index contributed by atoms with van der Waals surface area (Å²) in [5.41, 5.74) is 3.05. The van der Waals surface area contributed by atoms with Crippen LogP contribution in [0.1, 0.15) is 24.2 Å². The Morgan fingerprint density at radius 3 is 2.70 bits per heavy atom. The number of nitrogens with zero attached hydrogens (tertiary/aromatic N) is 2. The fourth-order valence-corrected chi connectivity index (χ4v) is 3.24. The molecule has 0 saturated carbocycles. The standard InChI is InChI=1S/C22H20FN3O/c23-19-6-2-1-5-16(19)10-13-22(27)24-18-11-8-17(9-12-18)20-15-26-14-4-3-7-21(26)25-20/h1-2,5-6,8-13,15H,3-4,7,14H2,(H,24,27). The Morgan fingerprint density at radius 2 is 1.93 bits per heavy atom. The van der Waals surface area contributed by atoms with Gasteiger partial charge in [-0.15, -0.1) is 0 Å². The van der Waals surface area contributed by atoms with Gasteiger partial charge in [0.2, 0.25) is 5.91 Å². The highest BCUT2D eigenvalue weighted by Crippen LogP contribution is 2.24. The van der Waals surface area contributed by atoms with E-state index in [-0.39, 0.29) is 11.7 Å². The van der Waals surface area contributed by atoms with E-state index in [4.69, 9.17) is 4.98 Å². The number of imidazole rings is 1. The van der Waals surface area contributed by atoms with Gasteiger partial charge in [0.15, 0.2) is 0 Å². The minimum atomic E-state index is -0.353. The van der Waals surface area contributed by atoms with Crippen LogP contribution in [0.2, 0.25) is 0 Å². The molecule has 1 aliphatic heterocycles. The van der Waals surface area contributed by atoms with Crippen molar-refractivity contribution < 1.29 is 9.18 Å². The van der Waals surface area contributed by atoms with Crippen molar-refractivity contribution in [1.29, 1.82) is 0 Å². The van der Waals surface area contributed by atoms with Crippen LogP contribution in [0.15, 0.2) is 60.8 Å². The number of benzene rings is 2. The first-order chi connectivity index (χ1) is 13.2. The number of hydrogen-bond acceptors (Lipinski definition) is 2. The summed E-state index contributed by atoms with van der Waals surface area (Å²) in [7, 11) is 0. The molecule has 2 heterocycles. The lowest BCUT2D eigenvalue weighted by Gasteiger charge is -2.11. The van der Waals surface area contributed by atoms with Crippen molar-refractivity contribution in [3.05, 3.63) is 78.0 Å². The topological polar surface area (TPSA) is 46.9 Å². The molecule has 1 amide bonds. The molecule has 0 aliphatic carbocycles. The summed E-state index contributed by atoms with van der Waals surface area (Å²) in [5.74, 6) is 0.490. The first-order valence-electron chi connectivity index (χ1n) is 9.09. The second-order valence-electron chi connectivity index (χ2n) is 6.61. The Labute approximate surface area is 157 Å². The zero-order chi connectivity index (χ0) is 18.6. The maximum absolute atomic E-state index is 13.6. The molecule has 1 aromatic heterocycles. The first-order valence-corrected chi connectivity index (χ1v) is 9.09. The molecule has 27 heavy (non-hydrogen) atoms. The average molecular weight is 361 g/mol. The van der Waals surface area contributed by atoms with Gasteiger partial charge < -0.3 is 9.88 Å². The number of amides is 1. The fourth-order valence-electron chi connectivity index (χ4n) is 3.24. The lowest BCUT2D eigenvalue weighted by atomic mass is 10.1. The Hall–Kier alpha value is -3.21. The van der Waals surface area contributed by atoms with Gasteiger partial charge in [-0.3, -0.25) is 4.79 Å². The predicted octanol–water partition coefficient (Wildman–Crippen LogP) is 4.68. The van der Waals surface area contributed by atoms with Crippen LogP contribution in [0.5, 0.6) is 0 Å². The normalized spacial score (nSPS) is 13.5. The monoisotopic (exact) mass is 361 g/mol. The molecular formula is C22H20FN3O. The maximum atomic E-state index is 13.6. The van der Waals surface area contributed by atoms with Crippen LogP contribution in [0.3, 0.4) is 0 Å². The molecule has 136 valence electrons. The summed E-state index contributed by atoms with van der Waals surface area (Å²) in [4.78, 5) is 16.8. The highest BCUT2D eigenvalue weighted by atomic mass is 19.1. The van der Waals surface area contributed by atoms with E-state index in [2.05, 4.69) is 16.1 Å². The zero-order valence-electron chi connectivity index (χ0n) is 14.9. The summed E-state index contributed by atoms with van der Waals surface area (Å²) in [6, 6.07) is 13.9. The SMILES string of the molecule is O=C(C=Cc1ccccc1F)Nc1ccc(-c2cn3c(n2)CCCC3)cc1. The highest BCUT2D eigenvalue weighted by molar-refractivity contribution is 6.02. The van der Waals surface area contributed by atoms with Crippen molar-refractivity contribution in [2.24, 2.45) is 0 Å². The third kappa shape index (κ3) is 3.97. The smallest absolute Gasteiger partial charge is 0.248 e. The van der Waals surface area contributed by atoms with Gasteiger partial charge in [0.1, 0.15) is 11.6 Å². The molecule has 1 aliphatic rings. The molecule has 0 fully saturated rings. The third-order valence-electron chi connectivity index (χ3n) is 4.68. The largest absolute Gasteiger partial charge is 0.334 e. The number of fused-ring (bicyclic) bond motifs is 1. The van der Waals surface area contributed by atoms with Crippen LogP contribution in [-0.4, -0.2) is 15.5 Å². The van der Waals surface area contributed by atoms with Crippen molar-refractivity contribution in [2.75, 3.05) is 5.32 Å². The van der Waals surface area contributed by atoms with Crippen molar-refractivity contribution in [3.8, 4) is 11.3 Å². The van der Waals surface area contributed by atoms with Crippen molar-refractivity contribution >= 4 is 17.7 Å². The second kappa shape index (κ2) is 7.58. The quantitative estimate of drug-likeness (QED) is 0.686. The van der Waals surface area contributed by atoms with Crippen molar-refractivity contribution in [3.63, 3.8) is 0 Å². The van der Waals surface area contributed by atoms with Crippen LogP contribution in [0, 0.1) is 5.82 Å². The number of aromatic nitrogens is 2. The van der Waals surface area contributed by atoms with E-state index in [0.29, 0.717) is 11.3 Å². The molecule has 0 unspecified atom stereocenters. The molecule has 5 heteroatoms. The molecule has 4 rings (SSSR count). The van der Waals surface area contributed by atoms with Gasteiger partial charge in [-0.2, -0.15) is 0 Å². The van der Waals surface area contributed by atoms with E-state index < -0.39 is 0 Å². The number of nitrogens with one attached hydrogen (secondary N) is 1. The highest BCUT2D eigenvalue weighted by Gasteiger charge is 2.13. The van der Waals surface area contributed by atoms with Crippen molar-refractivity contribution in [2.45, 2.75) is 25.8 Å². The van der Waals surface area contributed by atoms with Gasteiger partial charge in [0.25, 0.3) is 0 Å². The average Bonchev–Trinajstić information content (AvgIpc) is 3.12. The van der Waals surface area contributed by atoms with E-state index in [9.17, 15) is 9.18 Å². The van der Waals surface area contributed by atoms with Crippen LogP contribution >= 0.6 is 0 Å². The molecule has 2 aromatic carbocycles. The van der Waals surface area contributed by atoms with E-state index in [1.54, 1.807) is 18.2 Å². The maximum Gasteiger partial charge on any atom is 0.248 e. The van der Waals surface area contributed by atoms with E-state index >= 15 is 0 Å². The second-order valence-corrected chi connectivity index (χ2v) is 6.61. The summed E-state index contributed by atoms with van der Waals surface area (Å²) in [6.45, 7) is 1.03. The molecule has 0 bridgehead atoms. The van der Waals surface area contributed by atoms with Gasteiger partial charge in [0.05, 0.1) is 5.69 Å². The lowest BCUT2D eigenvalue weighted by Crippen LogP contribution is -2.08. The fraction of sp³-hybridized carbons (Fsp3) is 0.182. The molecule has 0 radical (unpaired) electrons. The van der Waals surface area contributed by atoms with E-state index in [0.717, 1.165) is 30.0 Å². The van der Waals surface area contributed by atoms with Crippen LogP contribution in [0.4, 0.5) is 10.1 Å². The Bertz CT molecular complexity index is 966. The summed E-state index contributed by atoms with van der Waals surface area (Å²) in [6.07, 6.45) is 8.32. The number of aryl methyl sites for hydroxylation is 2. The number of hydrogen-bond donors (Lipinski definition) is 1. The van der Waals surface area contributed by atoms with E-state index in [1.807, 2.05) is 24.3 Å². The number of carbonyl (C=O) groups is 1. The van der Waals surface area contributed by atoms with Crippen molar-refractivity contribution in [1.82, 2.24) is 9.55 Å². The van der Waals surface area contributed by atoms with Crippen LogP contribution in [0.25, 0.3) is 17.3 Å². The molecule has 0 spiro atoms. The van der Waals surface area contributed by atoms with Gasteiger partial charge in [-0.05, 0) is 37.1 Å². The Morgan fingerprint density at radius 1 is 1.11 bits per heavy atom. The number of carbonyl (C=O) groups excluding carboxylic acids is 1. The molecule has 0 atom stereocenters. The molecular weight excluding hydrogens is 341 g/mol. The zero-order valence-corrected chi connectivity index (χ0v) is 14.9. The van der Waals surface area contributed by atoms with Crippen LogP contribution < -0.4 is 5.32 Å². The van der Waals surface area contributed by atoms with E-state index in [1.165, 1.54) is 31.1 Å². The van der Waals surface area contributed by atoms with Gasteiger partial charge in [-0.25, -0.2) is 9.37 Å². The first kappa shape index (κ1) is 17.2. The van der Waals surface area contributed by atoms with Crippen LogP contribution in [-0.2, 0) is 17.8 Å². The molecule has 0 saturated heterocycles. The van der Waals surface area contributed by atoms with Gasteiger partial charge in [-0.1, -0.05) is 30.3 Å². The third-order valence-corrected chi connectivity index (χ3v) is 4.68. The lowest BCUT2D eigenvalue weighted by molar-refractivity contribution is -0.111. The Balaban J connectivity index is 1.42. The summed E-state index contributed by atoms with van der Waals surface area (Å²) >= 11 is 0. The minimum Gasteiger partial charge on any atom is -0.334 e. The summed E-state index contributed by atoms with van der Waals surface area (Å²) in [5, 5.41) is 2.79. The number of rotatable bonds is 4. The summed E-state index contributed by atoms with van der Waals surface area (Å²) < 4.78 is 15.8. The number of anilines is 1. The van der Waals surface area contributed by atoms with Gasteiger partial charge >= 0.3 is 0 Å². The van der Waals surface area contributed by atoms with Gasteiger partial charge in [0, 0.05) is 42.1 Å². The number of halogens is 1. The molecule has 3 aromatic rings. The minimum absolute atomic E-state index is 0.302. The Kier molecular flexibility index (Phi) is 4.83. The molecule has 1 N–H and O–H groups in total. The molecule has 4 nitrogen and oxygen atoms in total.